The summed E-state index contributed by atoms with van der Waals surface area (Å²) in [5.41, 5.74) is 3.98. The lowest BCUT2D eigenvalue weighted by Gasteiger charge is -2.12. The summed E-state index contributed by atoms with van der Waals surface area (Å²) >= 11 is 0. The number of aromatic nitrogens is 4. The monoisotopic (exact) mass is 371 g/mol. The molecule has 0 aliphatic rings. The first-order valence-corrected chi connectivity index (χ1v) is 9.16. The number of nitrogens with one attached hydrogen (secondary N) is 1. The van der Waals surface area contributed by atoms with E-state index in [1.807, 2.05) is 65.4 Å². The van der Waals surface area contributed by atoms with Crippen molar-refractivity contribution in [3.05, 3.63) is 108 Å². The molecule has 4 rings (SSSR count). The molecule has 0 saturated heterocycles. The third-order valence-corrected chi connectivity index (χ3v) is 4.61. The van der Waals surface area contributed by atoms with Crippen molar-refractivity contribution in [2.45, 2.75) is 19.6 Å². The van der Waals surface area contributed by atoms with Crippen LogP contribution in [0.25, 0.3) is 0 Å². The SMILES string of the molecule is O=C(NCc1ccccc1Cn1cncn1)c1cccn1Cc1ccccc1. The van der Waals surface area contributed by atoms with Gasteiger partial charge in [-0.25, -0.2) is 9.67 Å². The van der Waals surface area contributed by atoms with Gasteiger partial charge in [0, 0.05) is 19.3 Å². The van der Waals surface area contributed by atoms with Crippen molar-refractivity contribution in [2.75, 3.05) is 0 Å². The number of amides is 1. The number of hydrogen-bond donors (Lipinski definition) is 1. The van der Waals surface area contributed by atoms with E-state index < -0.39 is 0 Å². The summed E-state index contributed by atoms with van der Waals surface area (Å²) in [5, 5.41) is 7.20. The van der Waals surface area contributed by atoms with E-state index in [9.17, 15) is 4.79 Å². The molecule has 0 radical (unpaired) electrons. The van der Waals surface area contributed by atoms with E-state index >= 15 is 0 Å². The molecule has 0 unspecified atom stereocenters. The van der Waals surface area contributed by atoms with Gasteiger partial charge in [-0.1, -0.05) is 54.6 Å². The largest absolute Gasteiger partial charge is 0.347 e. The topological polar surface area (TPSA) is 64.7 Å². The van der Waals surface area contributed by atoms with Crippen LogP contribution in [0.15, 0.2) is 85.6 Å². The molecule has 0 fully saturated rings. The molecular formula is C22H21N5O. The number of carbonyl (C=O) groups excluding carboxylic acids is 1. The molecule has 2 aromatic carbocycles. The van der Waals surface area contributed by atoms with Crippen LogP contribution in [-0.4, -0.2) is 25.2 Å². The van der Waals surface area contributed by atoms with Gasteiger partial charge in [0.15, 0.2) is 0 Å². The fourth-order valence-electron chi connectivity index (χ4n) is 3.18. The lowest BCUT2D eigenvalue weighted by atomic mass is 10.1. The summed E-state index contributed by atoms with van der Waals surface area (Å²) < 4.78 is 3.73. The third-order valence-electron chi connectivity index (χ3n) is 4.61. The predicted molar refractivity (Wildman–Crippen MR) is 107 cm³/mol. The minimum Gasteiger partial charge on any atom is -0.347 e. The first-order valence-electron chi connectivity index (χ1n) is 9.16. The first-order chi connectivity index (χ1) is 13.8. The second-order valence-corrected chi connectivity index (χ2v) is 6.55. The Hall–Kier alpha value is -3.67. The second-order valence-electron chi connectivity index (χ2n) is 6.55. The van der Waals surface area contributed by atoms with E-state index in [0.29, 0.717) is 25.3 Å². The zero-order valence-corrected chi connectivity index (χ0v) is 15.4. The smallest absolute Gasteiger partial charge is 0.268 e. The van der Waals surface area contributed by atoms with Crippen LogP contribution in [-0.2, 0) is 19.6 Å². The molecule has 1 N–H and O–H groups in total. The molecule has 1 amide bonds. The van der Waals surface area contributed by atoms with Crippen LogP contribution in [0.3, 0.4) is 0 Å². The third kappa shape index (κ3) is 4.17. The van der Waals surface area contributed by atoms with Crippen molar-refractivity contribution in [3.8, 4) is 0 Å². The summed E-state index contributed by atoms with van der Waals surface area (Å²) in [4.78, 5) is 16.7. The lowest BCUT2D eigenvalue weighted by molar-refractivity contribution is 0.0942. The fraction of sp³-hybridized carbons (Fsp3) is 0.136. The van der Waals surface area contributed by atoms with Crippen LogP contribution in [0, 0.1) is 0 Å². The van der Waals surface area contributed by atoms with Crippen molar-refractivity contribution >= 4 is 5.91 Å². The normalized spacial score (nSPS) is 10.7. The van der Waals surface area contributed by atoms with E-state index in [2.05, 4.69) is 27.5 Å². The molecule has 140 valence electrons. The van der Waals surface area contributed by atoms with Crippen molar-refractivity contribution in [3.63, 3.8) is 0 Å². The minimum atomic E-state index is -0.0866. The average molecular weight is 371 g/mol. The molecular weight excluding hydrogens is 350 g/mol. The Morgan fingerprint density at radius 1 is 0.893 bits per heavy atom. The molecule has 2 heterocycles. The zero-order valence-electron chi connectivity index (χ0n) is 15.4. The van der Waals surface area contributed by atoms with Crippen LogP contribution >= 0.6 is 0 Å². The molecule has 0 spiro atoms. The van der Waals surface area contributed by atoms with Gasteiger partial charge in [0.25, 0.3) is 5.91 Å². The van der Waals surface area contributed by atoms with Gasteiger partial charge in [0.2, 0.25) is 0 Å². The van der Waals surface area contributed by atoms with Gasteiger partial charge in [-0.2, -0.15) is 5.10 Å². The van der Waals surface area contributed by atoms with Crippen LogP contribution < -0.4 is 5.32 Å². The van der Waals surface area contributed by atoms with Crippen molar-refractivity contribution in [1.82, 2.24) is 24.6 Å². The van der Waals surface area contributed by atoms with Crippen LogP contribution in [0.5, 0.6) is 0 Å². The molecule has 6 heteroatoms. The molecule has 2 aromatic heterocycles. The first kappa shape index (κ1) is 17.7. The Balaban J connectivity index is 1.44. The quantitative estimate of drug-likeness (QED) is 0.543. The van der Waals surface area contributed by atoms with E-state index in [1.54, 1.807) is 11.0 Å². The molecule has 0 bridgehead atoms. The van der Waals surface area contributed by atoms with Crippen LogP contribution in [0.4, 0.5) is 0 Å². The Morgan fingerprint density at radius 3 is 2.46 bits per heavy atom. The summed E-state index contributed by atoms with van der Waals surface area (Å²) in [6, 6.07) is 21.9. The van der Waals surface area contributed by atoms with E-state index in [0.717, 1.165) is 16.7 Å². The van der Waals surface area contributed by atoms with Gasteiger partial charge in [-0.3, -0.25) is 4.79 Å². The lowest BCUT2D eigenvalue weighted by Crippen LogP contribution is -2.26. The van der Waals surface area contributed by atoms with Gasteiger partial charge in [0.05, 0.1) is 6.54 Å². The molecule has 6 nitrogen and oxygen atoms in total. The zero-order chi connectivity index (χ0) is 19.2. The highest BCUT2D eigenvalue weighted by atomic mass is 16.1. The molecule has 28 heavy (non-hydrogen) atoms. The fourth-order valence-corrected chi connectivity index (χ4v) is 3.18. The van der Waals surface area contributed by atoms with Gasteiger partial charge in [-0.05, 0) is 28.8 Å². The number of hydrogen-bond acceptors (Lipinski definition) is 3. The summed E-state index contributed by atoms with van der Waals surface area (Å²) in [6.07, 6.45) is 5.14. The second kappa shape index (κ2) is 8.35. The maximum atomic E-state index is 12.8. The van der Waals surface area contributed by atoms with Gasteiger partial charge >= 0.3 is 0 Å². The van der Waals surface area contributed by atoms with Crippen molar-refractivity contribution in [1.29, 1.82) is 0 Å². The number of rotatable bonds is 7. The number of carbonyl (C=O) groups is 1. The Kier molecular flexibility index (Phi) is 5.29. The minimum absolute atomic E-state index is 0.0866. The number of nitrogens with zero attached hydrogens (tertiary/aromatic N) is 4. The summed E-state index contributed by atoms with van der Waals surface area (Å²) in [6.45, 7) is 1.75. The standard InChI is InChI=1S/C22H21N5O/c28-22(21-11-6-12-26(21)14-18-7-2-1-3-8-18)24-13-19-9-4-5-10-20(19)15-27-17-23-16-25-27/h1-12,16-17H,13-15H2,(H,24,28). The Labute approximate surface area is 163 Å². The Bertz CT molecular complexity index is 1040. The number of benzene rings is 2. The highest BCUT2D eigenvalue weighted by Crippen LogP contribution is 2.12. The highest BCUT2D eigenvalue weighted by molar-refractivity contribution is 5.92. The van der Waals surface area contributed by atoms with Crippen LogP contribution in [0.2, 0.25) is 0 Å². The Morgan fingerprint density at radius 2 is 1.68 bits per heavy atom. The van der Waals surface area contributed by atoms with E-state index in [1.165, 1.54) is 6.33 Å². The maximum absolute atomic E-state index is 12.8. The molecule has 0 aliphatic heterocycles. The van der Waals surface area contributed by atoms with Crippen molar-refractivity contribution in [2.24, 2.45) is 0 Å². The molecule has 0 saturated carbocycles. The maximum Gasteiger partial charge on any atom is 0.268 e. The summed E-state index contributed by atoms with van der Waals surface area (Å²) in [5.74, 6) is -0.0866. The van der Waals surface area contributed by atoms with Gasteiger partial charge < -0.3 is 9.88 Å². The summed E-state index contributed by atoms with van der Waals surface area (Å²) in [7, 11) is 0. The predicted octanol–water partition coefficient (Wildman–Crippen LogP) is 3.11. The van der Waals surface area contributed by atoms with Crippen LogP contribution in [0.1, 0.15) is 27.2 Å². The van der Waals surface area contributed by atoms with E-state index in [-0.39, 0.29) is 5.91 Å². The molecule has 4 aromatic rings. The molecule has 0 atom stereocenters. The average Bonchev–Trinajstić information content (AvgIpc) is 3.40. The highest BCUT2D eigenvalue weighted by Gasteiger charge is 2.12. The van der Waals surface area contributed by atoms with Gasteiger partial charge in [-0.15, -0.1) is 0 Å². The molecule has 0 aliphatic carbocycles. The van der Waals surface area contributed by atoms with Gasteiger partial charge in [0.1, 0.15) is 18.3 Å². The van der Waals surface area contributed by atoms with E-state index in [4.69, 9.17) is 0 Å². The van der Waals surface area contributed by atoms with Crippen molar-refractivity contribution < 1.29 is 4.79 Å².